The van der Waals surface area contributed by atoms with E-state index in [-0.39, 0.29) is 12.3 Å². The molecule has 0 amide bonds. The number of aromatic nitrogens is 4. The lowest BCUT2D eigenvalue weighted by Gasteiger charge is -2.11. The minimum Gasteiger partial charge on any atom is -0.378 e. The van der Waals surface area contributed by atoms with E-state index in [4.69, 9.17) is 0 Å². The molecule has 6 heteroatoms. The average Bonchev–Trinajstić information content (AvgIpc) is 3.04. The van der Waals surface area contributed by atoms with Crippen LogP contribution in [0.3, 0.4) is 0 Å². The molecule has 3 rings (SSSR count). The molecule has 0 atom stereocenters. The minimum absolute atomic E-state index is 0.0440. The minimum atomic E-state index is -0.0440. The van der Waals surface area contributed by atoms with Gasteiger partial charge in [0.15, 0.2) is 5.78 Å². The predicted octanol–water partition coefficient (Wildman–Crippen LogP) is 2.29. The first-order valence-electron chi connectivity index (χ1n) is 7.27. The maximum atomic E-state index is 12.1. The van der Waals surface area contributed by atoms with Gasteiger partial charge in [0.1, 0.15) is 6.54 Å². The van der Waals surface area contributed by atoms with Crippen molar-refractivity contribution >= 4 is 11.5 Å². The summed E-state index contributed by atoms with van der Waals surface area (Å²) < 4.78 is 0. The zero-order valence-electron chi connectivity index (χ0n) is 13.0. The number of anilines is 1. The molecule has 1 aromatic heterocycles. The van der Waals surface area contributed by atoms with Crippen molar-refractivity contribution in [2.75, 3.05) is 19.0 Å². The van der Waals surface area contributed by atoms with Gasteiger partial charge in [-0.25, -0.2) is 0 Å². The fourth-order valence-corrected chi connectivity index (χ4v) is 2.18. The largest absolute Gasteiger partial charge is 0.378 e. The van der Waals surface area contributed by atoms with Crippen LogP contribution in [-0.4, -0.2) is 40.1 Å². The molecule has 23 heavy (non-hydrogen) atoms. The van der Waals surface area contributed by atoms with Gasteiger partial charge in [0.2, 0.25) is 5.82 Å². The normalized spacial score (nSPS) is 10.5. The van der Waals surface area contributed by atoms with Crippen LogP contribution in [0.5, 0.6) is 0 Å². The molecule has 6 nitrogen and oxygen atoms in total. The summed E-state index contributed by atoms with van der Waals surface area (Å²) in [5, 5.41) is 12.3. The van der Waals surface area contributed by atoms with Crippen LogP contribution in [-0.2, 0) is 6.54 Å². The first-order chi connectivity index (χ1) is 11.1. The number of rotatable bonds is 5. The Morgan fingerprint density at radius 1 is 1.04 bits per heavy atom. The molecule has 0 aliphatic carbocycles. The lowest BCUT2D eigenvalue weighted by atomic mass is 10.1. The van der Waals surface area contributed by atoms with Crippen LogP contribution >= 0.6 is 0 Å². The summed E-state index contributed by atoms with van der Waals surface area (Å²) >= 11 is 0. The second kappa shape index (κ2) is 6.39. The van der Waals surface area contributed by atoms with Gasteiger partial charge in [-0.15, -0.1) is 10.2 Å². The lowest BCUT2D eigenvalue weighted by Crippen LogP contribution is -2.13. The fourth-order valence-electron chi connectivity index (χ4n) is 2.18. The highest BCUT2D eigenvalue weighted by atomic mass is 16.1. The molecule has 0 spiro atoms. The Hall–Kier alpha value is -3.02. The van der Waals surface area contributed by atoms with E-state index in [0.29, 0.717) is 11.4 Å². The Balaban J connectivity index is 1.74. The second-order valence-electron chi connectivity index (χ2n) is 5.37. The second-order valence-corrected chi connectivity index (χ2v) is 5.37. The fraction of sp³-hybridized carbons (Fsp3) is 0.176. The van der Waals surface area contributed by atoms with Gasteiger partial charge < -0.3 is 4.90 Å². The number of benzene rings is 2. The molecule has 0 saturated carbocycles. The van der Waals surface area contributed by atoms with Gasteiger partial charge in [0.05, 0.1) is 0 Å². The molecule has 0 bridgehead atoms. The van der Waals surface area contributed by atoms with E-state index in [2.05, 4.69) is 15.4 Å². The molecule has 0 aliphatic heterocycles. The molecule has 116 valence electrons. The molecular weight excluding hydrogens is 290 g/mol. The maximum absolute atomic E-state index is 12.1. The van der Waals surface area contributed by atoms with E-state index in [1.807, 2.05) is 61.5 Å². The van der Waals surface area contributed by atoms with Crippen molar-refractivity contribution < 1.29 is 4.79 Å². The number of hydrogen-bond donors (Lipinski definition) is 0. The standard InChI is InChI=1S/C17H17N5O/c1-21(2)15-10-8-14(9-11-15)17-18-20-22(19-17)12-16(23)13-6-4-3-5-7-13/h3-11H,12H2,1-2H3. The van der Waals surface area contributed by atoms with Crippen molar-refractivity contribution in [3.05, 3.63) is 60.2 Å². The highest BCUT2D eigenvalue weighted by molar-refractivity contribution is 5.95. The van der Waals surface area contributed by atoms with Crippen LogP contribution in [0.2, 0.25) is 0 Å². The number of hydrogen-bond acceptors (Lipinski definition) is 5. The van der Waals surface area contributed by atoms with Crippen molar-refractivity contribution in [2.24, 2.45) is 0 Å². The van der Waals surface area contributed by atoms with Crippen molar-refractivity contribution in [3.8, 4) is 11.4 Å². The molecule has 3 aromatic rings. The van der Waals surface area contributed by atoms with Crippen molar-refractivity contribution in [3.63, 3.8) is 0 Å². The van der Waals surface area contributed by atoms with Crippen molar-refractivity contribution in [2.45, 2.75) is 6.54 Å². The summed E-state index contributed by atoms with van der Waals surface area (Å²) in [5.74, 6) is 0.466. The third-order valence-corrected chi connectivity index (χ3v) is 3.48. The maximum Gasteiger partial charge on any atom is 0.204 e. The van der Waals surface area contributed by atoms with Crippen molar-refractivity contribution in [1.29, 1.82) is 0 Å². The van der Waals surface area contributed by atoms with Gasteiger partial charge in [0, 0.05) is 30.9 Å². The van der Waals surface area contributed by atoms with E-state index < -0.39 is 0 Å². The first-order valence-corrected chi connectivity index (χ1v) is 7.27. The summed E-state index contributed by atoms with van der Waals surface area (Å²) in [5.41, 5.74) is 2.61. The van der Waals surface area contributed by atoms with Gasteiger partial charge in [-0.3, -0.25) is 4.79 Å². The monoisotopic (exact) mass is 307 g/mol. The zero-order valence-corrected chi connectivity index (χ0v) is 13.0. The van der Waals surface area contributed by atoms with Crippen LogP contribution in [0.1, 0.15) is 10.4 Å². The molecule has 0 saturated heterocycles. The molecule has 0 fully saturated rings. The number of tetrazole rings is 1. The molecule has 2 aromatic carbocycles. The predicted molar refractivity (Wildman–Crippen MR) is 88.4 cm³/mol. The molecule has 0 radical (unpaired) electrons. The van der Waals surface area contributed by atoms with Crippen LogP contribution in [0.4, 0.5) is 5.69 Å². The highest BCUT2D eigenvalue weighted by Gasteiger charge is 2.11. The van der Waals surface area contributed by atoms with Gasteiger partial charge in [-0.1, -0.05) is 30.3 Å². The SMILES string of the molecule is CN(C)c1ccc(-c2nnn(CC(=O)c3ccccc3)n2)cc1. The molecular formula is C17H17N5O. The summed E-state index contributed by atoms with van der Waals surface area (Å²) in [6, 6.07) is 17.0. The smallest absolute Gasteiger partial charge is 0.204 e. The summed E-state index contributed by atoms with van der Waals surface area (Å²) in [4.78, 5) is 15.5. The van der Waals surface area contributed by atoms with Crippen LogP contribution in [0.15, 0.2) is 54.6 Å². The van der Waals surface area contributed by atoms with E-state index in [9.17, 15) is 4.79 Å². The average molecular weight is 307 g/mol. The highest BCUT2D eigenvalue weighted by Crippen LogP contribution is 2.18. The molecule has 0 N–H and O–H groups in total. The Morgan fingerprint density at radius 2 is 1.74 bits per heavy atom. The topological polar surface area (TPSA) is 63.9 Å². The van der Waals surface area contributed by atoms with E-state index in [0.717, 1.165) is 11.3 Å². The van der Waals surface area contributed by atoms with Crippen LogP contribution in [0.25, 0.3) is 11.4 Å². The molecule has 0 unspecified atom stereocenters. The first kappa shape index (κ1) is 14.9. The number of ketones is 1. The quantitative estimate of drug-likeness (QED) is 0.677. The zero-order chi connectivity index (χ0) is 16.2. The van der Waals surface area contributed by atoms with Gasteiger partial charge in [-0.2, -0.15) is 4.80 Å². The van der Waals surface area contributed by atoms with Crippen LogP contribution < -0.4 is 4.90 Å². The van der Waals surface area contributed by atoms with Gasteiger partial charge >= 0.3 is 0 Å². The molecule has 1 heterocycles. The number of carbonyl (C=O) groups excluding carboxylic acids is 1. The Bertz CT molecular complexity index is 793. The van der Waals surface area contributed by atoms with E-state index >= 15 is 0 Å². The number of carbonyl (C=O) groups is 1. The Labute approximate surface area is 134 Å². The van der Waals surface area contributed by atoms with Gasteiger partial charge in [-0.05, 0) is 29.5 Å². The summed E-state index contributed by atoms with van der Waals surface area (Å²) in [7, 11) is 3.97. The lowest BCUT2D eigenvalue weighted by molar-refractivity contribution is 0.0961. The van der Waals surface area contributed by atoms with E-state index in [1.165, 1.54) is 4.80 Å². The van der Waals surface area contributed by atoms with Crippen LogP contribution in [0, 0.1) is 0 Å². The third kappa shape index (κ3) is 3.42. The van der Waals surface area contributed by atoms with Gasteiger partial charge in [0.25, 0.3) is 0 Å². The summed E-state index contributed by atoms with van der Waals surface area (Å²) in [6.07, 6.45) is 0. The third-order valence-electron chi connectivity index (χ3n) is 3.48. The number of Topliss-reactive ketones (excluding diaryl/α,β-unsaturated/α-hetero) is 1. The Morgan fingerprint density at radius 3 is 2.39 bits per heavy atom. The Kier molecular flexibility index (Phi) is 4.14. The van der Waals surface area contributed by atoms with Crippen molar-refractivity contribution in [1.82, 2.24) is 20.2 Å². The molecule has 0 aliphatic rings. The van der Waals surface area contributed by atoms with E-state index in [1.54, 1.807) is 12.1 Å². The summed E-state index contributed by atoms with van der Waals surface area (Å²) in [6.45, 7) is 0.0762. The number of nitrogens with zero attached hydrogens (tertiary/aromatic N) is 5.